The van der Waals surface area contributed by atoms with Crippen LogP contribution in [-0.2, 0) is 0 Å². The van der Waals surface area contributed by atoms with Crippen LogP contribution in [-0.4, -0.2) is 70.5 Å². The first-order valence-electron chi connectivity index (χ1n) is 11.4. The Balaban J connectivity index is 1.26. The number of amides is 1. The number of nitrogens with zero attached hydrogens (tertiary/aromatic N) is 3. The van der Waals surface area contributed by atoms with Gasteiger partial charge in [-0.3, -0.25) is 14.8 Å². The van der Waals surface area contributed by atoms with E-state index in [9.17, 15) is 9.90 Å². The number of phenolic OH excluding ortho intramolecular Hbond substituents is 1. The van der Waals surface area contributed by atoms with Crippen LogP contribution in [0, 0.1) is 0 Å². The summed E-state index contributed by atoms with van der Waals surface area (Å²) in [6, 6.07) is 20.6. The molecule has 8 nitrogen and oxygen atoms in total. The maximum absolute atomic E-state index is 12.8. The molecule has 5 rings (SSSR count). The highest BCUT2D eigenvalue weighted by molar-refractivity contribution is 6.04. The van der Waals surface area contributed by atoms with Crippen LogP contribution in [0.15, 0.2) is 66.7 Å². The molecule has 1 aromatic heterocycles. The van der Waals surface area contributed by atoms with Crippen molar-refractivity contribution in [3.05, 3.63) is 72.4 Å². The number of fused-ring (bicyclic) bond motifs is 1. The molecule has 4 N–H and O–H groups in total. The minimum absolute atomic E-state index is 0.151. The van der Waals surface area contributed by atoms with Crippen LogP contribution in [0.4, 0.5) is 11.4 Å². The predicted molar refractivity (Wildman–Crippen MR) is 133 cm³/mol. The molecule has 0 bridgehead atoms. The average molecular weight is 458 g/mol. The Morgan fingerprint density at radius 1 is 1.00 bits per heavy atom. The number of aromatic nitrogens is 2. The standard InChI is InChI=1S/C26H27N5O3/c32-14-13-30-9-11-31(12-10-30)20-7-5-19(6-8-20)27-26(34)25-17-24(28-29-25)23-16-21(33)15-18-3-1-2-4-22(18)23/h1-8,15-17,32-33H,9-14H2,(H,27,34)(H,28,29). The van der Waals surface area contributed by atoms with Crippen LogP contribution < -0.4 is 10.2 Å². The number of aromatic hydroxyl groups is 1. The van der Waals surface area contributed by atoms with Gasteiger partial charge in [0.15, 0.2) is 0 Å². The minimum Gasteiger partial charge on any atom is -0.508 e. The fraction of sp³-hybridized carbons (Fsp3) is 0.231. The molecule has 0 aliphatic carbocycles. The Morgan fingerprint density at radius 3 is 2.53 bits per heavy atom. The van der Waals surface area contributed by atoms with Crippen molar-refractivity contribution in [3.63, 3.8) is 0 Å². The third kappa shape index (κ3) is 4.59. The van der Waals surface area contributed by atoms with Crippen molar-refractivity contribution in [2.75, 3.05) is 49.5 Å². The molecular weight excluding hydrogens is 430 g/mol. The molecule has 0 saturated carbocycles. The fourth-order valence-electron chi connectivity index (χ4n) is 4.41. The molecule has 0 radical (unpaired) electrons. The van der Waals surface area contributed by atoms with Gasteiger partial charge >= 0.3 is 0 Å². The Morgan fingerprint density at radius 2 is 1.76 bits per heavy atom. The largest absolute Gasteiger partial charge is 0.508 e. The van der Waals surface area contributed by atoms with E-state index in [1.54, 1.807) is 18.2 Å². The summed E-state index contributed by atoms with van der Waals surface area (Å²) in [5, 5.41) is 31.1. The van der Waals surface area contributed by atoms with E-state index >= 15 is 0 Å². The zero-order valence-corrected chi connectivity index (χ0v) is 18.7. The van der Waals surface area contributed by atoms with Crippen molar-refractivity contribution >= 4 is 28.1 Å². The van der Waals surface area contributed by atoms with Gasteiger partial charge in [0, 0.05) is 49.7 Å². The number of hydrogen-bond donors (Lipinski definition) is 4. The molecule has 0 atom stereocenters. The van der Waals surface area contributed by atoms with Gasteiger partial charge in [-0.05, 0) is 53.2 Å². The van der Waals surface area contributed by atoms with Gasteiger partial charge in [-0.2, -0.15) is 5.10 Å². The van der Waals surface area contributed by atoms with Gasteiger partial charge < -0.3 is 20.4 Å². The van der Waals surface area contributed by atoms with E-state index in [0.29, 0.717) is 17.1 Å². The average Bonchev–Trinajstić information content (AvgIpc) is 3.35. The lowest BCUT2D eigenvalue weighted by atomic mass is 10.0. The number of piperazine rings is 1. The number of β-amino-alcohol motifs (C(OH)–C–C–N with tert-alkyl or cyclic N) is 1. The number of carbonyl (C=O) groups is 1. The maximum Gasteiger partial charge on any atom is 0.273 e. The highest BCUT2D eigenvalue weighted by Crippen LogP contribution is 2.32. The molecule has 2 heterocycles. The van der Waals surface area contributed by atoms with Gasteiger partial charge in [0.05, 0.1) is 12.3 Å². The number of rotatable bonds is 6. The molecule has 8 heteroatoms. The number of aliphatic hydroxyl groups is 1. The lowest BCUT2D eigenvalue weighted by Crippen LogP contribution is -2.47. The van der Waals surface area contributed by atoms with Crippen LogP contribution in [0.1, 0.15) is 10.5 Å². The van der Waals surface area contributed by atoms with Crippen molar-refractivity contribution in [1.29, 1.82) is 0 Å². The van der Waals surface area contributed by atoms with Gasteiger partial charge in [-0.1, -0.05) is 24.3 Å². The summed E-state index contributed by atoms with van der Waals surface area (Å²) in [7, 11) is 0. The van der Waals surface area contributed by atoms with Crippen LogP contribution in [0.3, 0.4) is 0 Å². The number of aliphatic hydroxyl groups excluding tert-OH is 1. The van der Waals surface area contributed by atoms with Crippen molar-refractivity contribution in [1.82, 2.24) is 15.1 Å². The second kappa shape index (κ2) is 9.54. The van der Waals surface area contributed by atoms with E-state index in [4.69, 9.17) is 5.11 Å². The summed E-state index contributed by atoms with van der Waals surface area (Å²) in [6.45, 7) is 4.58. The van der Waals surface area contributed by atoms with Crippen LogP contribution in [0.5, 0.6) is 5.75 Å². The van der Waals surface area contributed by atoms with E-state index in [2.05, 4.69) is 25.3 Å². The van der Waals surface area contributed by atoms with Gasteiger partial charge in [0.25, 0.3) is 5.91 Å². The Labute approximate surface area is 197 Å². The quantitative estimate of drug-likeness (QED) is 0.354. The Hall–Kier alpha value is -3.88. The van der Waals surface area contributed by atoms with Crippen LogP contribution >= 0.6 is 0 Å². The summed E-state index contributed by atoms with van der Waals surface area (Å²) in [5.74, 6) is -0.133. The Bertz CT molecular complexity index is 1290. The first-order chi connectivity index (χ1) is 16.6. The van der Waals surface area contributed by atoms with Crippen molar-refractivity contribution in [2.24, 2.45) is 0 Å². The predicted octanol–water partition coefficient (Wildman–Crippen LogP) is 3.30. The number of anilines is 2. The topological polar surface area (TPSA) is 105 Å². The number of nitrogens with one attached hydrogen (secondary N) is 2. The van der Waals surface area contributed by atoms with Crippen molar-refractivity contribution in [3.8, 4) is 17.0 Å². The summed E-state index contributed by atoms with van der Waals surface area (Å²) in [4.78, 5) is 17.4. The molecule has 3 aromatic carbocycles. The third-order valence-electron chi connectivity index (χ3n) is 6.22. The minimum atomic E-state index is -0.284. The molecule has 1 fully saturated rings. The van der Waals surface area contributed by atoms with E-state index < -0.39 is 0 Å². The van der Waals surface area contributed by atoms with Gasteiger partial charge in [-0.25, -0.2) is 0 Å². The van der Waals surface area contributed by atoms with Crippen molar-refractivity contribution in [2.45, 2.75) is 0 Å². The zero-order chi connectivity index (χ0) is 23.5. The van der Waals surface area contributed by atoms with Gasteiger partial charge in [-0.15, -0.1) is 0 Å². The molecule has 174 valence electrons. The first-order valence-corrected chi connectivity index (χ1v) is 11.4. The summed E-state index contributed by atoms with van der Waals surface area (Å²) >= 11 is 0. The SMILES string of the molecule is O=C(Nc1ccc(N2CCN(CCO)CC2)cc1)c1cc(-c2cc(O)cc3ccccc23)n[nH]1. The summed E-state index contributed by atoms with van der Waals surface area (Å²) in [6.07, 6.45) is 0. The molecule has 1 saturated heterocycles. The van der Waals surface area contributed by atoms with Crippen LogP contribution in [0.25, 0.3) is 22.0 Å². The molecule has 4 aromatic rings. The molecular formula is C26H27N5O3. The molecule has 34 heavy (non-hydrogen) atoms. The van der Waals surface area contributed by atoms with E-state index in [1.807, 2.05) is 48.5 Å². The fourth-order valence-corrected chi connectivity index (χ4v) is 4.41. The van der Waals surface area contributed by atoms with E-state index in [1.165, 1.54) is 0 Å². The zero-order valence-electron chi connectivity index (χ0n) is 18.7. The van der Waals surface area contributed by atoms with Gasteiger partial charge in [0.2, 0.25) is 0 Å². The summed E-state index contributed by atoms with van der Waals surface area (Å²) in [5.41, 5.74) is 3.50. The molecule has 1 amide bonds. The number of hydrogen-bond acceptors (Lipinski definition) is 6. The molecule has 1 aliphatic rings. The number of carbonyl (C=O) groups excluding carboxylic acids is 1. The normalized spacial score (nSPS) is 14.4. The highest BCUT2D eigenvalue weighted by atomic mass is 16.3. The smallest absolute Gasteiger partial charge is 0.273 e. The monoisotopic (exact) mass is 457 g/mol. The molecule has 0 spiro atoms. The first kappa shape index (κ1) is 21.9. The summed E-state index contributed by atoms with van der Waals surface area (Å²) < 4.78 is 0. The van der Waals surface area contributed by atoms with Gasteiger partial charge in [0.1, 0.15) is 11.4 Å². The number of phenols is 1. The Kier molecular flexibility index (Phi) is 6.16. The number of aromatic amines is 1. The number of H-pyrrole nitrogens is 1. The third-order valence-corrected chi connectivity index (χ3v) is 6.22. The highest BCUT2D eigenvalue weighted by Gasteiger charge is 2.17. The van der Waals surface area contributed by atoms with E-state index in [0.717, 1.165) is 54.7 Å². The van der Waals surface area contributed by atoms with E-state index in [-0.39, 0.29) is 18.3 Å². The lowest BCUT2D eigenvalue weighted by Gasteiger charge is -2.35. The van der Waals surface area contributed by atoms with Crippen LogP contribution in [0.2, 0.25) is 0 Å². The molecule has 0 unspecified atom stereocenters. The lowest BCUT2D eigenvalue weighted by molar-refractivity contribution is 0.102. The van der Waals surface area contributed by atoms with Crippen molar-refractivity contribution < 1.29 is 15.0 Å². The number of benzene rings is 3. The second-order valence-corrected chi connectivity index (χ2v) is 8.43. The maximum atomic E-state index is 12.8. The second-order valence-electron chi connectivity index (χ2n) is 8.43. The molecule has 1 aliphatic heterocycles.